The van der Waals surface area contributed by atoms with Crippen LogP contribution in [0.3, 0.4) is 0 Å². The first kappa shape index (κ1) is 15.3. The number of primary sulfonamides is 1. The highest BCUT2D eigenvalue weighted by molar-refractivity contribution is 7.89. The molecule has 0 aromatic heterocycles. The maximum atomic E-state index is 14.0. The molecular formula is C10H9F2N3O5S. The minimum absolute atomic E-state index is 0.521. The largest absolute Gasteiger partial charge is 0.307 e. The van der Waals surface area contributed by atoms with Gasteiger partial charge in [0, 0.05) is 19.0 Å². The SMILES string of the molecule is NS(=O)(=O)C1CC(=O)N(c2c(F)ccc([N+](=O)[O-])c2F)C1. The minimum atomic E-state index is -4.07. The van der Waals surface area contributed by atoms with Gasteiger partial charge < -0.3 is 4.90 Å². The predicted octanol–water partition coefficient (Wildman–Crippen LogP) is 0.267. The Morgan fingerprint density at radius 2 is 2.00 bits per heavy atom. The number of anilines is 1. The van der Waals surface area contributed by atoms with Gasteiger partial charge in [-0.2, -0.15) is 4.39 Å². The zero-order valence-electron chi connectivity index (χ0n) is 10.3. The Kier molecular flexibility index (Phi) is 3.63. The lowest BCUT2D eigenvalue weighted by molar-refractivity contribution is -0.387. The summed E-state index contributed by atoms with van der Waals surface area (Å²) in [5.74, 6) is -3.63. The molecule has 0 saturated carbocycles. The Bertz CT molecular complexity index is 736. The number of halogens is 2. The molecule has 1 aromatic carbocycles. The third-order valence-corrected chi connectivity index (χ3v) is 4.31. The van der Waals surface area contributed by atoms with E-state index < -0.39 is 62.1 Å². The first-order valence-electron chi connectivity index (χ1n) is 5.57. The van der Waals surface area contributed by atoms with E-state index in [-0.39, 0.29) is 0 Å². The second kappa shape index (κ2) is 5.00. The number of carbonyl (C=O) groups excluding carboxylic acids is 1. The number of hydrogen-bond acceptors (Lipinski definition) is 5. The molecule has 1 unspecified atom stereocenters. The number of carbonyl (C=O) groups is 1. The first-order chi connectivity index (χ1) is 9.62. The molecule has 1 atom stereocenters. The highest BCUT2D eigenvalue weighted by atomic mass is 32.2. The average molecular weight is 321 g/mol. The third-order valence-electron chi connectivity index (χ3n) is 3.07. The quantitative estimate of drug-likeness (QED) is 0.632. The molecule has 114 valence electrons. The summed E-state index contributed by atoms with van der Waals surface area (Å²) in [6.07, 6.45) is -0.541. The molecule has 2 N–H and O–H groups in total. The molecule has 1 heterocycles. The molecule has 8 nitrogen and oxygen atoms in total. The van der Waals surface area contributed by atoms with Gasteiger partial charge in [-0.05, 0) is 6.07 Å². The molecular weight excluding hydrogens is 312 g/mol. The van der Waals surface area contributed by atoms with Crippen LogP contribution in [0.4, 0.5) is 20.2 Å². The molecule has 1 amide bonds. The fourth-order valence-electron chi connectivity index (χ4n) is 2.03. The van der Waals surface area contributed by atoms with E-state index in [4.69, 9.17) is 5.14 Å². The fraction of sp³-hybridized carbons (Fsp3) is 0.300. The van der Waals surface area contributed by atoms with Crippen molar-refractivity contribution in [1.82, 2.24) is 0 Å². The van der Waals surface area contributed by atoms with Crippen molar-refractivity contribution in [2.45, 2.75) is 11.7 Å². The van der Waals surface area contributed by atoms with E-state index in [0.717, 1.165) is 0 Å². The monoisotopic (exact) mass is 321 g/mol. The van der Waals surface area contributed by atoms with Crippen LogP contribution in [-0.2, 0) is 14.8 Å². The molecule has 0 radical (unpaired) electrons. The summed E-state index contributed by atoms with van der Waals surface area (Å²) in [4.78, 5) is 21.8. The summed E-state index contributed by atoms with van der Waals surface area (Å²) in [5, 5.41) is 14.2. The van der Waals surface area contributed by atoms with Gasteiger partial charge in [-0.15, -0.1) is 0 Å². The second-order valence-electron chi connectivity index (χ2n) is 4.41. The van der Waals surface area contributed by atoms with E-state index >= 15 is 0 Å². The second-order valence-corrected chi connectivity index (χ2v) is 6.25. The topological polar surface area (TPSA) is 124 Å². The lowest BCUT2D eigenvalue weighted by Crippen LogP contribution is -2.32. The molecule has 1 saturated heterocycles. The van der Waals surface area contributed by atoms with Gasteiger partial charge in [-0.1, -0.05) is 0 Å². The molecule has 21 heavy (non-hydrogen) atoms. The van der Waals surface area contributed by atoms with E-state index in [1.807, 2.05) is 0 Å². The van der Waals surface area contributed by atoms with Crippen molar-refractivity contribution in [3.8, 4) is 0 Å². The van der Waals surface area contributed by atoms with Crippen molar-refractivity contribution in [2.75, 3.05) is 11.4 Å². The molecule has 11 heteroatoms. The highest BCUT2D eigenvalue weighted by Gasteiger charge is 2.40. The molecule has 1 aliphatic rings. The van der Waals surface area contributed by atoms with Crippen LogP contribution in [0.15, 0.2) is 12.1 Å². The average Bonchev–Trinajstić information content (AvgIpc) is 2.71. The number of benzene rings is 1. The predicted molar refractivity (Wildman–Crippen MR) is 66.9 cm³/mol. The van der Waals surface area contributed by atoms with Crippen molar-refractivity contribution in [3.05, 3.63) is 33.9 Å². The van der Waals surface area contributed by atoms with Gasteiger partial charge in [0.05, 0.1) is 4.92 Å². The lowest BCUT2D eigenvalue weighted by atomic mass is 10.2. The Morgan fingerprint density at radius 1 is 1.38 bits per heavy atom. The van der Waals surface area contributed by atoms with Crippen molar-refractivity contribution in [2.24, 2.45) is 5.14 Å². The van der Waals surface area contributed by atoms with Crippen molar-refractivity contribution in [1.29, 1.82) is 0 Å². The number of nitro groups is 1. The van der Waals surface area contributed by atoms with Crippen LogP contribution in [0, 0.1) is 21.7 Å². The number of nitrogens with two attached hydrogens (primary N) is 1. The van der Waals surface area contributed by atoms with E-state index in [0.29, 0.717) is 17.0 Å². The lowest BCUT2D eigenvalue weighted by Gasteiger charge is -2.17. The highest BCUT2D eigenvalue weighted by Crippen LogP contribution is 2.33. The van der Waals surface area contributed by atoms with Crippen LogP contribution >= 0.6 is 0 Å². The maximum Gasteiger partial charge on any atom is 0.307 e. The van der Waals surface area contributed by atoms with Crippen LogP contribution in [0.25, 0.3) is 0 Å². The summed E-state index contributed by atoms with van der Waals surface area (Å²) < 4.78 is 50.1. The van der Waals surface area contributed by atoms with E-state index in [1.54, 1.807) is 0 Å². The summed E-state index contributed by atoms with van der Waals surface area (Å²) >= 11 is 0. The van der Waals surface area contributed by atoms with Gasteiger partial charge in [0.15, 0.2) is 0 Å². The summed E-state index contributed by atoms with van der Waals surface area (Å²) in [5.41, 5.74) is -1.96. The molecule has 2 rings (SSSR count). The maximum absolute atomic E-state index is 14.0. The van der Waals surface area contributed by atoms with Gasteiger partial charge in [0.2, 0.25) is 21.7 Å². The van der Waals surface area contributed by atoms with Gasteiger partial charge in [0.1, 0.15) is 16.8 Å². The van der Waals surface area contributed by atoms with Crippen LogP contribution in [-0.4, -0.2) is 31.0 Å². The Hall–Kier alpha value is -2.14. The normalized spacial score (nSPS) is 19.1. The van der Waals surface area contributed by atoms with Crippen LogP contribution in [0.1, 0.15) is 6.42 Å². The van der Waals surface area contributed by atoms with Gasteiger partial charge >= 0.3 is 5.69 Å². The standard InChI is InChI=1S/C10H9F2N3O5S/c11-6-1-2-7(15(17)18)9(12)10(6)14-4-5(3-8(14)16)21(13,19)20/h1-2,5H,3-4H2,(H2,13,19,20). The molecule has 1 aromatic rings. The molecule has 1 fully saturated rings. The minimum Gasteiger partial charge on any atom is -0.306 e. The molecule has 0 spiro atoms. The Balaban J connectivity index is 2.50. The van der Waals surface area contributed by atoms with E-state index in [9.17, 15) is 32.1 Å². The smallest absolute Gasteiger partial charge is 0.306 e. The van der Waals surface area contributed by atoms with Crippen LogP contribution < -0.4 is 10.0 Å². The van der Waals surface area contributed by atoms with Crippen molar-refractivity contribution >= 4 is 27.3 Å². The Labute approximate surface area is 117 Å². The van der Waals surface area contributed by atoms with Crippen molar-refractivity contribution < 1.29 is 26.9 Å². The number of amides is 1. The fourth-order valence-corrected chi connectivity index (χ4v) is 2.76. The molecule has 1 aliphatic heterocycles. The molecule has 0 bridgehead atoms. The van der Waals surface area contributed by atoms with Gasteiger partial charge in [0.25, 0.3) is 0 Å². The molecule has 0 aliphatic carbocycles. The summed E-state index contributed by atoms with van der Waals surface area (Å²) in [6, 6.07) is 1.25. The van der Waals surface area contributed by atoms with E-state index in [2.05, 4.69) is 0 Å². The van der Waals surface area contributed by atoms with E-state index in [1.165, 1.54) is 0 Å². The van der Waals surface area contributed by atoms with Crippen molar-refractivity contribution in [3.63, 3.8) is 0 Å². The zero-order valence-corrected chi connectivity index (χ0v) is 11.1. The zero-order chi connectivity index (χ0) is 15.9. The number of sulfonamides is 1. The number of nitro benzene ring substituents is 1. The first-order valence-corrected chi connectivity index (χ1v) is 7.18. The summed E-state index contributed by atoms with van der Waals surface area (Å²) in [6.45, 7) is -0.563. The van der Waals surface area contributed by atoms with Crippen LogP contribution in [0.5, 0.6) is 0 Å². The van der Waals surface area contributed by atoms with Gasteiger partial charge in [-0.25, -0.2) is 17.9 Å². The number of nitrogens with zero attached hydrogens (tertiary/aromatic N) is 2. The van der Waals surface area contributed by atoms with Gasteiger partial charge in [-0.3, -0.25) is 14.9 Å². The number of hydrogen-bond donors (Lipinski definition) is 1. The van der Waals surface area contributed by atoms with Crippen LogP contribution in [0.2, 0.25) is 0 Å². The Morgan fingerprint density at radius 3 is 2.48 bits per heavy atom. The third kappa shape index (κ3) is 2.69. The summed E-state index contributed by atoms with van der Waals surface area (Å²) in [7, 11) is -4.07. The number of rotatable bonds is 3.